The minimum atomic E-state index is -4.98. The molecule has 2 saturated heterocycles. The molecule has 20 heteroatoms. The number of oxime groups is 1. The van der Waals surface area contributed by atoms with Crippen molar-refractivity contribution in [2.75, 3.05) is 25.4 Å². The smallest absolute Gasteiger partial charge is 0.362 e. The highest BCUT2D eigenvalue weighted by molar-refractivity contribution is 7.84. The zero-order valence-electron chi connectivity index (χ0n) is 22.1. The molecule has 2 aliphatic rings. The van der Waals surface area contributed by atoms with Gasteiger partial charge in [0.2, 0.25) is 5.60 Å². The van der Waals surface area contributed by atoms with Crippen molar-refractivity contribution in [3.63, 3.8) is 0 Å². The van der Waals surface area contributed by atoms with Gasteiger partial charge in [0.1, 0.15) is 17.8 Å². The predicted octanol–water partition coefficient (Wildman–Crippen LogP) is -2.20. The second-order valence-corrected chi connectivity index (χ2v) is 12.1. The number of nitrogens with one attached hydrogen (secondary N) is 3. The Morgan fingerprint density at radius 1 is 1.39 bits per heavy atom. The van der Waals surface area contributed by atoms with Crippen molar-refractivity contribution in [2.45, 2.75) is 51.0 Å². The number of anilines is 1. The Balaban J connectivity index is 1.49. The second kappa shape index (κ2) is 12.0. The first kappa shape index (κ1) is 30.2. The van der Waals surface area contributed by atoms with Gasteiger partial charge in [-0.05, 0) is 45.8 Å². The molecule has 2 aromatic rings. The van der Waals surface area contributed by atoms with Gasteiger partial charge in [-0.3, -0.25) is 14.1 Å². The average molecular weight is 615 g/mol. The van der Waals surface area contributed by atoms with E-state index in [0.717, 1.165) is 42.2 Å². The fourth-order valence-electron chi connectivity index (χ4n) is 4.11. The van der Waals surface area contributed by atoms with Gasteiger partial charge < -0.3 is 31.6 Å². The van der Waals surface area contributed by atoms with Crippen LogP contribution in [0, 0.1) is 5.92 Å². The van der Waals surface area contributed by atoms with Crippen LogP contribution in [0.1, 0.15) is 31.7 Å². The molecule has 0 radical (unpaired) electrons. The fourth-order valence-corrected chi connectivity index (χ4v) is 5.53. The van der Waals surface area contributed by atoms with E-state index >= 15 is 0 Å². The van der Waals surface area contributed by atoms with E-state index < -0.39 is 51.5 Å². The van der Waals surface area contributed by atoms with Crippen LogP contribution in [-0.4, -0.2) is 103 Å². The van der Waals surface area contributed by atoms with E-state index in [0.29, 0.717) is 18.2 Å². The summed E-state index contributed by atoms with van der Waals surface area (Å²) in [7, 11) is -4.98. The topological polar surface area (TPSA) is 256 Å². The van der Waals surface area contributed by atoms with Gasteiger partial charge in [-0.1, -0.05) is 5.16 Å². The molecule has 0 bridgehead atoms. The first-order valence-corrected chi connectivity index (χ1v) is 14.7. The first-order chi connectivity index (χ1) is 19.3. The fraction of sp³-hybridized carbons (Fsp3) is 0.571. The summed E-state index contributed by atoms with van der Waals surface area (Å²) in [6.45, 7) is 5.21. The maximum atomic E-state index is 13.2. The summed E-state index contributed by atoms with van der Waals surface area (Å²) in [6, 6.07) is -2.74. The molecular formula is C21H30N10O8S2. The molecule has 2 fully saturated rings. The summed E-state index contributed by atoms with van der Waals surface area (Å²) in [6.07, 6.45) is 2.55. The molecule has 0 saturated carbocycles. The molecule has 4 rings (SSSR count). The van der Waals surface area contributed by atoms with Crippen LogP contribution < -0.4 is 21.7 Å². The van der Waals surface area contributed by atoms with E-state index in [-0.39, 0.29) is 21.7 Å². The Hall–Kier alpha value is -3.72. The van der Waals surface area contributed by atoms with Crippen LogP contribution in [0.4, 0.5) is 5.13 Å². The van der Waals surface area contributed by atoms with Crippen molar-refractivity contribution in [2.24, 2.45) is 11.1 Å². The molecule has 0 aromatic carbocycles. The summed E-state index contributed by atoms with van der Waals surface area (Å²) in [4.78, 5) is 47.5. The largest absolute Gasteiger partial charge is 0.478 e. The van der Waals surface area contributed by atoms with E-state index in [4.69, 9.17) is 10.6 Å². The van der Waals surface area contributed by atoms with Crippen LogP contribution in [0.2, 0.25) is 0 Å². The number of carbonyl (C=O) groups is 3. The van der Waals surface area contributed by atoms with Crippen molar-refractivity contribution in [3.05, 3.63) is 23.0 Å². The molecule has 4 heterocycles. The quantitative estimate of drug-likeness (QED) is 0.0606. The van der Waals surface area contributed by atoms with E-state index in [2.05, 4.69) is 36.3 Å². The molecule has 7 N–H and O–H groups in total. The number of thiazole rings is 1. The molecule has 0 spiro atoms. The highest BCUT2D eigenvalue weighted by Crippen LogP contribution is 2.25. The average Bonchev–Trinajstić information content (AvgIpc) is 3.65. The number of carboxylic acid groups (broad SMARTS) is 1. The lowest BCUT2D eigenvalue weighted by atomic mass is 9.98. The lowest BCUT2D eigenvalue weighted by Gasteiger charge is -2.43. The molecule has 0 unspecified atom stereocenters. The maximum absolute atomic E-state index is 13.2. The number of aromatic nitrogens is 4. The minimum Gasteiger partial charge on any atom is -0.478 e. The van der Waals surface area contributed by atoms with Gasteiger partial charge in [-0.15, -0.1) is 11.3 Å². The molecule has 3 atom stereocenters. The molecular weight excluding hydrogens is 584 g/mol. The van der Waals surface area contributed by atoms with Gasteiger partial charge in [-0.25, -0.2) is 14.1 Å². The summed E-state index contributed by atoms with van der Waals surface area (Å²) in [5.41, 5.74) is 3.82. The minimum absolute atomic E-state index is 0.0691. The molecule has 2 amide bonds. The number of nitrogen functional groups attached to an aromatic ring is 1. The molecule has 2 aliphatic heterocycles. The van der Waals surface area contributed by atoms with Crippen LogP contribution in [0.15, 0.2) is 16.7 Å². The zero-order valence-corrected chi connectivity index (χ0v) is 23.7. The standard InChI is InChI=1S/C21H30N10O8S2/c1-21(2,19(34)35)39-29-15(13-10-40-20(22)26-13)17(32)27-16-14(31(18(16)33)41(36,37)38)9-30-25-8-12(28-30)7-24-6-11-3-4-23-5-11/h8,10-11,14,16,23-24H,3-7,9H2,1-2H3,(H2,22,26)(H,27,32)(H,34,35)(H,36,37,38)/b29-15-/t11-,14-,16+/m1/s1. The van der Waals surface area contributed by atoms with Crippen molar-refractivity contribution in [1.29, 1.82) is 0 Å². The number of hydrogen-bond donors (Lipinski definition) is 6. The zero-order chi connectivity index (χ0) is 29.9. The number of hydrogen-bond acceptors (Lipinski definition) is 14. The van der Waals surface area contributed by atoms with Crippen LogP contribution in [0.3, 0.4) is 0 Å². The summed E-state index contributed by atoms with van der Waals surface area (Å²) in [5, 5.41) is 31.7. The third-order valence-corrected chi connectivity index (χ3v) is 8.02. The number of nitrogens with two attached hydrogens (primary N) is 1. The number of nitrogens with zero attached hydrogens (tertiary/aromatic N) is 6. The Kier molecular flexibility index (Phi) is 8.87. The lowest BCUT2D eigenvalue weighted by Crippen LogP contribution is -2.73. The van der Waals surface area contributed by atoms with Crippen molar-refractivity contribution < 1.29 is 37.3 Å². The molecule has 0 aliphatic carbocycles. The molecule has 2 aromatic heterocycles. The van der Waals surface area contributed by atoms with Crippen LogP contribution in [0.25, 0.3) is 0 Å². The summed E-state index contributed by atoms with van der Waals surface area (Å²) in [5.74, 6) is -3.01. The normalized spacial score (nSPS) is 21.5. The van der Waals surface area contributed by atoms with Crippen molar-refractivity contribution in [3.8, 4) is 0 Å². The van der Waals surface area contributed by atoms with Gasteiger partial charge >= 0.3 is 16.3 Å². The van der Waals surface area contributed by atoms with E-state index in [1.54, 1.807) is 0 Å². The van der Waals surface area contributed by atoms with Gasteiger partial charge in [0.15, 0.2) is 10.8 Å². The van der Waals surface area contributed by atoms with Crippen molar-refractivity contribution >= 4 is 50.3 Å². The third kappa shape index (κ3) is 7.14. The first-order valence-electron chi connectivity index (χ1n) is 12.4. The highest BCUT2D eigenvalue weighted by atomic mass is 32.2. The predicted molar refractivity (Wildman–Crippen MR) is 143 cm³/mol. The number of β-lactam (4-membered cyclic amide) rings is 1. The Morgan fingerprint density at radius 3 is 2.76 bits per heavy atom. The summed E-state index contributed by atoms with van der Waals surface area (Å²) >= 11 is 0.968. The third-order valence-electron chi connectivity index (χ3n) is 6.40. The van der Waals surface area contributed by atoms with E-state index in [1.807, 2.05) is 0 Å². The number of carboxylic acids is 1. The highest BCUT2D eigenvalue weighted by Gasteiger charge is 2.54. The number of rotatable bonds is 13. The number of carbonyl (C=O) groups excluding carboxylic acids is 2. The SMILES string of the molecule is CC(C)(O/N=C(\C(=O)N[C@@H]1C(=O)N(S(=O)(=O)O)[C@@H]1Cn1ncc(CNC[C@@H]2CCNC2)n1)c1csc(N)n1)C(=O)O. The van der Waals surface area contributed by atoms with Crippen LogP contribution in [-0.2, 0) is 42.6 Å². The lowest BCUT2D eigenvalue weighted by molar-refractivity contribution is -0.161. The van der Waals surface area contributed by atoms with Crippen LogP contribution >= 0.6 is 11.3 Å². The monoisotopic (exact) mass is 614 g/mol. The Morgan fingerprint density at radius 2 is 2.15 bits per heavy atom. The Bertz CT molecular complexity index is 1430. The maximum Gasteiger partial charge on any atom is 0.362 e. The summed E-state index contributed by atoms with van der Waals surface area (Å²) < 4.78 is 33.7. The van der Waals surface area contributed by atoms with Gasteiger partial charge in [0, 0.05) is 11.9 Å². The van der Waals surface area contributed by atoms with Gasteiger partial charge in [-0.2, -0.15) is 23.4 Å². The van der Waals surface area contributed by atoms with Gasteiger partial charge in [0.05, 0.1) is 18.4 Å². The molecule has 18 nitrogen and oxygen atoms in total. The number of amides is 2. The van der Waals surface area contributed by atoms with Gasteiger partial charge in [0.25, 0.3) is 11.8 Å². The van der Waals surface area contributed by atoms with Crippen LogP contribution in [0.5, 0.6) is 0 Å². The van der Waals surface area contributed by atoms with Crippen molar-refractivity contribution in [1.82, 2.24) is 40.2 Å². The Labute approximate surface area is 238 Å². The molecule has 224 valence electrons. The molecule has 41 heavy (non-hydrogen) atoms. The number of aliphatic carboxylic acids is 1. The second-order valence-electron chi connectivity index (χ2n) is 9.93. The van der Waals surface area contributed by atoms with E-state index in [9.17, 15) is 32.5 Å². The van der Waals surface area contributed by atoms with E-state index in [1.165, 1.54) is 25.4 Å².